The lowest BCUT2D eigenvalue weighted by Crippen LogP contribution is -2.48. The molecule has 25 heavy (non-hydrogen) atoms. The molecule has 4 rings (SSSR count). The number of aliphatic hydroxyl groups excluding tert-OH is 1. The molecule has 6 nitrogen and oxygen atoms in total. The number of ether oxygens (including phenoxy) is 1. The summed E-state index contributed by atoms with van der Waals surface area (Å²) in [5.74, 6) is 0.544. The van der Waals surface area contributed by atoms with E-state index in [9.17, 15) is 14.7 Å². The molecule has 6 heteroatoms. The first-order valence-corrected chi connectivity index (χ1v) is 9.02. The van der Waals surface area contributed by atoms with Crippen molar-refractivity contribution in [1.82, 2.24) is 10.2 Å². The van der Waals surface area contributed by atoms with Crippen LogP contribution in [0.25, 0.3) is 0 Å². The van der Waals surface area contributed by atoms with Crippen LogP contribution in [0.5, 0.6) is 0 Å². The largest absolute Gasteiger partial charge is 0.447 e. The van der Waals surface area contributed by atoms with Gasteiger partial charge in [-0.2, -0.15) is 0 Å². The number of rotatable bonds is 6. The number of likely N-dealkylation sites (tertiary alicyclic amines) is 1. The summed E-state index contributed by atoms with van der Waals surface area (Å²) in [6.07, 6.45) is 2.82. The molecule has 3 fully saturated rings. The van der Waals surface area contributed by atoms with Gasteiger partial charge in [-0.05, 0) is 30.4 Å². The molecule has 134 valence electrons. The molecule has 1 atom stereocenters. The Balaban J connectivity index is 1.24. The van der Waals surface area contributed by atoms with Crippen LogP contribution in [0, 0.1) is 0 Å². The molecule has 0 spiro atoms. The molecular formula is C19H24N2O4. The second-order valence-electron chi connectivity index (χ2n) is 7.53. The number of nitrogens with zero attached hydrogens (tertiary/aromatic N) is 1. The van der Waals surface area contributed by atoms with E-state index in [0.717, 1.165) is 25.9 Å². The zero-order valence-corrected chi connectivity index (χ0v) is 14.2. The van der Waals surface area contributed by atoms with Crippen molar-refractivity contribution in [3.05, 3.63) is 35.4 Å². The van der Waals surface area contributed by atoms with Crippen molar-refractivity contribution in [2.24, 2.45) is 0 Å². The van der Waals surface area contributed by atoms with Crippen molar-refractivity contribution in [2.75, 3.05) is 26.3 Å². The summed E-state index contributed by atoms with van der Waals surface area (Å²) in [7, 11) is 0. The number of hydrogen-bond acceptors (Lipinski definition) is 4. The Kier molecular flexibility index (Phi) is 4.15. The fourth-order valence-electron chi connectivity index (χ4n) is 3.73. The van der Waals surface area contributed by atoms with E-state index in [1.807, 2.05) is 4.90 Å². The highest BCUT2D eigenvalue weighted by molar-refractivity contribution is 5.77. The minimum Gasteiger partial charge on any atom is -0.447 e. The summed E-state index contributed by atoms with van der Waals surface area (Å²) in [5.41, 5.74) is 2.50. The maximum Gasteiger partial charge on any atom is 0.407 e. The summed E-state index contributed by atoms with van der Waals surface area (Å²) in [6, 6.07) is 8.51. The molecule has 1 unspecified atom stereocenters. The zero-order valence-electron chi connectivity index (χ0n) is 14.2. The van der Waals surface area contributed by atoms with E-state index in [1.54, 1.807) is 0 Å². The normalized spacial score (nSPS) is 24.4. The summed E-state index contributed by atoms with van der Waals surface area (Å²) < 4.78 is 4.83. The molecule has 0 aromatic heterocycles. The first-order valence-electron chi connectivity index (χ1n) is 9.02. The summed E-state index contributed by atoms with van der Waals surface area (Å²) in [4.78, 5) is 25.1. The van der Waals surface area contributed by atoms with E-state index in [0.29, 0.717) is 25.4 Å². The monoisotopic (exact) mass is 344 g/mol. The molecule has 2 amide bonds. The lowest BCUT2D eigenvalue weighted by Gasteiger charge is -2.40. The summed E-state index contributed by atoms with van der Waals surface area (Å²) in [5, 5.41) is 12.2. The maximum atomic E-state index is 12.2. The topological polar surface area (TPSA) is 78.9 Å². The molecule has 2 saturated heterocycles. The Labute approximate surface area is 147 Å². The van der Waals surface area contributed by atoms with Gasteiger partial charge in [0.1, 0.15) is 6.61 Å². The highest BCUT2D eigenvalue weighted by atomic mass is 16.6. The van der Waals surface area contributed by atoms with Gasteiger partial charge in [0, 0.05) is 30.8 Å². The van der Waals surface area contributed by atoms with Crippen LogP contribution in [0.15, 0.2) is 24.3 Å². The Morgan fingerprint density at radius 1 is 1.28 bits per heavy atom. The van der Waals surface area contributed by atoms with Crippen molar-refractivity contribution in [3.63, 3.8) is 0 Å². The molecule has 3 aliphatic rings. The second kappa shape index (κ2) is 6.33. The molecular weight excluding hydrogens is 320 g/mol. The van der Waals surface area contributed by atoms with Crippen LogP contribution in [0.2, 0.25) is 0 Å². The Morgan fingerprint density at radius 3 is 2.56 bits per heavy atom. The van der Waals surface area contributed by atoms with Gasteiger partial charge in [0.05, 0.1) is 12.6 Å². The molecule has 2 N–H and O–H groups in total. The molecule has 1 aromatic carbocycles. The number of aliphatic hydroxyl groups is 1. The third-order valence-electron chi connectivity index (χ3n) is 5.83. The van der Waals surface area contributed by atoms with E-state index in [-0.39, 0.29) is 30.1 Å². The standard InChI is InChI=1S/C19H24N2O4/c22-12-19(7-8-19)15-3-1-13(2-4-15)14-9-21(10-14)17(23)6-5-16-11-25-18(24)20-16/h1-4,14,16,22H,5-12H2,(H,20,24). The molecule has 0 radical (unpaired) electrons. The van der Waals surface area contributed by atoms with E-state index in [1.165, 1.54) is 11.1 Å². The van der Waals surface area contributed by atoms with Gasteiger partial charge in [0.2, 0.25) is 5.91 Å². The lowest BCUT2D eigenvalue weighted by atomic mass is 9.88. The first kappa shape index (κ1) is 16.4. The highest BCUT2D eigenvalue weighted by Gasteiger charge is 2.43. The van der Waals surface area contributed by atoms with E-state index >= 15 is 0 Å². The number of cyclic esters (lactones) is 1. The summed E-state index contributed by atoms with van der Waals surface area (Å²) >= 11 is 0. The second-order valence-corrected chi connectivity index (χ2v) is 7.53. The quantitative estimate of drug-likeness (QED) is 0.820. The Bertz CT molecular complexity index is 663. The van der Waals surface area contributed by atoms with Gasteiger partial charge in [-0.25, -0.2) is 4.79 Å². The van der Waals surface area contributed by atoms with Crippen molar-refractivity contribution in [1.29, 1.82) is 0 Å². The van der Waals surface area contributed by atoms with Crippen molar-refractivity contribution in [3.8, 4) is 0 Å². The van der Waals surface area contributed by atoms with Crippen LogP contribution in [-0.4, -0.2) is 54.4 Å². The van der Waals surface area contributed by atoms with Gasteiger partial charge in [-0.15, -0.1) is 0 Å². The number of carbonyl (C=O) groups excluding carboxylic acids is 2. The van der Waals surface area contributed by atoms with Gasteiger partial charge in [-0.1, -0.05) is 24.3 Å². The average molecular weight is 344 g/mol. The molecule has 1 aromatic rings. The number of hydrogen-bond donors (Lipinski definition) is 2. The van der Waals surface area contributed by atoms with Gasteiger partial charge >= 0.3 is 6.09 Å². The van der Waals surface area contributed by atoms with E-state index in [4.69, 9.17) is 4.74 Å². The molecule has 2 heterocycles. The van der Waals surface area contributed by atoms with Crippen molar-refractivity contribution >= 4 is 12.0 Å². The zero-order chi connectivity index (χ0) is 17.4. The van der Waals surface area contributed by atoms with Crippen LogP contribution >= 0.6 is 0 Å². The minimum absolute atomic E-state index is 0.0134. The predicted octanol–water partition coefficient (Wildman–Crippen LogP) is 1.52. The Hall–Kier alpha value is -2.08. The van der Waals surface area contributed by atoms with Crippen LogP contribution in [-0.2, 0) is 14.9 Å². The molecule has 2 aliphatic heterocycles. The number of alkyl carbamates (subject to hydrolysis) is 1. The minimum atomic E-state index is -0.390. The smallest absolute Gasteiger partial charge is 0.407 e. The van der Waals surface area contributed by atoms with E-state index < -0.39 is 0 Å². The third-order valence-corrected chi connectivity index (χ3v) is 5.83. The molecule has 1 aliphatic carbocycles. The Morgan fingerprint density at radius 2 is 2.00 bits per heavy atom. The van der Waals surface area contributed by atoms with Gasteiger partial charge < -0.3 is 20.1 Å². The van der Waals surface area contributed by atoms with Crippen LogP contribution in [0.1, 0.15) is 42.7 Å². The molecule has 1 saturated carbocycles. The first-order chi connectivity index (χ1) is 12.1. The van der Waals surface area contributed by atoms with Crippen LogP contribution < -0.4 is 5.32 Å². The van der Waals surface area contributed by atoms with E-state index in [2.05, 4.69) is 29.6 Å². The fourth-order valence-corrected chi connectivity index (χ4v) is 3.73. The van der Waals surface area contributed by atoms with Gasteiger partial charge in [0.25, 0.3) is 0 Å². The van der Waals surface area contributed by atoms with Gasteiger partial charge in [-0.3, -0.25) is 4.79 Å². The van der Waals surface area contributed by atoms with Gasteiger partial charge in [0.15, 0.2) is 0 Å². The van der Waals surface area contributed by atoms with Crippen LogP contribution in [0.4, 0.5) is 4.79 Å². The number of nitrogens with one attached hydrogen (secondary N) is 1. The predicted molar refractivity (Wildman–Crippen MR) is 91.3 cm³/mol. The average Bonchev–Trinajstić information content (AvgIpc) is 3.28. The number of amides is 2. The van der Waals surface area contributed by atoms with Crippen molar-refractivity contribution in [2.45, 2.75) is 43.1 Å². The maximum absolute atomic E-state index is 12.2. The number of carbonyl (C=O) groups is 2. The van der Waals surface area contributed by atoms with Crippen LogP contribution in [0.3, 0.4) is 0 Å². The third kappa shape index (κ3) is 3.23. The fraction of sp³-hybridized carbons (Fsp3) is 0.579. The lowest BCUT2D eigenvalue weighted by molar-refractivity contribution is -0.135. The highest BCUT2D eigenvalue weighted by Crippen LogP contribution is 2.47. The number of benzene rings is 1. The SMILES string of the molecule is O=C1NC(CCC(=O)N2CC(c3ccc(C4(CO)CC4)cc3)C2)CO1. The molecule has 0 bridgehead atoms. The van der Waals surface area contributed by atoms with Crippen molar-refractivity contribution < 1.29 is 19.4 Å². The summed E-state index contributed by atoms with van der Waals surface area (Å²) in [6.45, 7) is 2.11.